The number of likely N-dealkylation sites (N-methyl/N-ethyl adjacent to an activating group) is 1. The number of rotatable bonds is 6. The molecule has 0 spiro atoms. The number of Topliss-reactive ketones (excluding diaryl/α,β-unsaturated/α-hetero) is 1. The van der Waals surface area contributed by atoms with Gasteiger partial charge >= 0.3 is 0 Å². The molecular weight excluding hydrogens is 347 g/mol. The van der Waals surface area contributed by atoms with Gasteiger partial charge in [-0.25, -0.2) is 4.68 Å². The van der Waals surface area contributed by atoms with E-state index in [1.807, 2.05) is 12.0 Å². The van der Waals surface area contributed by atoms with E-state index in [9.17, 15) is 14.7 Å². The quantitative estimate of drug-likeness (QED) is 0.697. The molecule has 0 saturated carbocycles. The molecule has 0 fully saturated rings. The van der Waals surface area contributed by atoms with E-state index in [0.717, 1.165) is 24.9 Å². The van der Waals surface area contributed by atoms with E-state index in [4.69, 9.17) is 10.5 Å². The molecule has 1 unspecified atom stereocenters. The second kappa shape index (κ2) is 7.68. The number of ether oxygens (including phenoxy) is 1. The predicted octanol–water partition coefficient (Wildman–Crippen LogP) is 0.332. The van der Waals surface area contributed by atoms with E-state index in [0.29, 0.717) is 29.9 Å². The highest BCUT2D eigenvalue weighted by atomic mass is 16.5. The summed E-state index contributed by atoms with van der Waals surface area (Å²) in [5.41, 5.74) is 7.92. The first kappa shape index (κ1) is 19.3. The normalized spacial score (nSPS) is 19.6. The van der Waals surface area contributed by atoms with Gasteiger partial charge in [0, 0.05) is 26.7 Å². The van der Waals surface area contributed by atoms with E-state index in [1.54, 1.807) is 29.6 Å². The number of hydrogen-bond acceptors (Lipinski definition) is 6. The summed E-state index contributed by atoms with van der Waals surface area (Å²) < 4.78 is 8.77. The molecule has 0 saturated heterocycles. The van der Waals surface area contributed by atoms with Crippen molar-refractivity contribution in [3.63, 3.8) is 0 Å². The lowest BCUT2D eigenvalue weighted by Gasteiger charge is -2.33. The van der Waals surface area contributed by atoms with Gasteiger partial charge < -0.3 is 20.5 Å². The molecule has 2 heterocycles. The monoisotopic (exact) mass is 373 g/mol. The van der Waals surface area contributed by atoms with Crippen LogP contribution in [-0.2, 0) is 22.6 Å². The molecule has 1 aliphatic carbocycles. The van der Waals surface area contributed by atoms with Gasteiger partial charge in [-0.1, -0.05) is 11.8 Å². The number of nitrogens with zero attached hydrogens (tertiary/aromatic N) is 3. The third-order valence-corrected chi connectivity index (χ3v) is 5.35. The summed E-state index contributed by atoms with van der Waals surface area (Å²) in [7, 11) is 5.09. The highest BCUT2D eigenvalue weighted by Crippen LogP contribution is 2.30. The number of hydrogen-bond donors (Lipinski definition) is 2. The predicted molar refractivity (Wildman–Crippen MR) is 105 cm³/mol. The van der Waals surface area contributed by atoms with Gasteiger partial charge in [0.15, 0.2) is 13.0 Å². The van der Waals surface area contributed by atoms with E-state index in [2.05, 4.69) is 0 Å². The number of ketones is 1. The van der Waals surface area contributed by atoms with Crippen molar-refractivity contribution >= 4 is 24.6 Å². The van der Waals surface area contributed by atoms with E-state index < -0.39 is 0 Å². The summed E-state index contributed by atoms with van der Waals surface area (Å²) in [6, 6.07) is -0.385. The zero-order chi connectivity index (χ0) is 19.7. The second-order valence-electron chi connectivity index (χ2n) is 6.91. The smallest absolute Gasteiger partial charge is 0.292 e. The Labute approximate surface area is 159 Å². The van der Waals surface area contributed by atoms with Crippen LogP contribution in [0.4, 0.5) is 11.5 Å². The molecule has 0 bridgehead atoms. The molecule has 9 heteroatoms. The maximum Gasteiger partial charge on any atom is 0.292 e. The molecule has 0 aromatic carbocycles. The van der Waals surface area contributed by atoms with Gasteiger partial charge in [-0.15, -0.1) is 0 Å². The highest BCUT2D eigenvalue weighted by molar-refractivity contribution is 6.48. The summed E-state index contributed by atoms with van der Waals surface area (Å²) in [4.78, 5) is 27.3. The lowest BCUT2D eigenvalue weighted by molar-refractivity contribution is -0.115. The molecule has 1 aliphatic heterocycles. The Kier molecular flexibility index (Phi) is 5.50. The maximum atomic E-state index is 13.0. The number of aliphatic hydroxyl groups is 1. The van der Waals surface area contributed by atoms with Crippen LogP contribution in [-0.4, -0.2) is 54.3 Å². The molecular formula is C18H26BN4O4. The molecule has 27 heavy (non-hydrogen) atoms. The largest absolute Gasteiger partial charge is 0.493 e. The van der Waals surface area contributed by atoms with Crippen molar-refractivity contribution in [3.8, 4) is 0 Å². The van der Waals surface area contributed by atoms with Crippen LogP contribution in [0.3, 0.4) is 0 Å². The van der Waals surface area contributed by atoms with E-state index >= 15 is 0 Å². The van der Waals surface area contributed by atoms with E-state index in [-0.39, 0.29) is 29.8 Å². The summed E-state index contributed by atoms with van der Waals surface area (Å²) >= 11 is 0. The Hall–Kier alpha value is -2.42. The third-order valence-electron chi connectivity index (χ3n) is 5.35. The molecule has 0 amide bonds. The Morgan fingerprint density at radius 3 is 2.59 bits per heavy atom. The van der Waals surface area contributed by atoms with E-state index in [1.165, 1.54) is 7.11 Å². The van der Waals surface area contributed by atoms with Crippen LogP contribution < -0.4 is 16.2 Å². The molecule has 145 valence electrons. The van der Waals surface area contributed by atoms with Crippen molar-refractivity contribution in [1.82, 2.24) is 9.36 Å². The molecule has 3 rings (SSSR count). The number of methoxy groups -OCH3 is 1. The van der Waals surface area contributed by atoms with Crippen LogP contribution in [0.1, 0.15) is 19.8 Å². The van der Waals surface area contributed by atoms with Crippen molar-refractivity contribution in [2.24, 2.45) is 0 Å². The lowest BCUT2D eigenvalue weighted by atomic mass is 9.60. The molecule has 3 N–H and O–H groups in total. The third kappa shape index (κ3) is 3.20. The average Bonchev–Trinajstić information content (AvgIpc) is 2.93. The highest BCUT2D eigenvalue weighted by Gasteiger charge is 2.33. The van der Waals surface area contributed by atoms with Gasteiger partial charge in [0.25, 0.3) is 5.56 Å². The molecule has 1 aromatic heterocycles. The topological polar surface area (TPSA) is 103 Å². The second-order valence-corrected chi connectivity index (χ2v) is 6.91. The fourth-order valence-corrected chi connectivity index (χ4v) is 3.87. The number of nitrogen functional groups attached to an aromatic ring is 1. The summed E-state index contributed by atoms with van der Waals surface area (Å²) in [6.45, 7) is 3.08. The average molecular weight is 373 g/mol. The van der Waals surface area contributed by atoms with Crippen LogP contribution in [0.5, 0.6) is 0 Å². The van der Waals surface area contributed by atoms with Gasteiger partial charge in [0.2, 0.25) is 5.78 Å². The maximum absolute atomic E-state index is 13.0. The first-order valence-corrected chi connectivity index (χ1v) is 9.19. The Morgan fingerprint density at radius 1 is 1.33 bits per heavy atom. The number of aromatic nitrogens is 2. The number of anilines is 2. The Bertz CT molecular complexity index is 867. The number of allylic oxidation sites excluding steroid dienone is 1. The Balaban J connectivity index is 2.07. The van der Waals surface area contributed by atoms with Crippen LogP contribution in [0, 0.1) is 0 Å². The van der Waals surface area contributed by atoms with Crippen molar-refractivity contribution in [1.29, 1.82) is 0 Å². The first-order chi connectivity index (χ1) is 12.9. The first-order valence-electron chi connectivity index (χ1n) is 9.19. The van der Waals surface area contributed by atoms with Crippen molar-refractivity contribution in [2.45, 2.75) is 45.2 Å². The van der Waals surface area contributed by atoms with Crippen LogP contribution in [0.15, 0.2) is 27.7 Å². The van der Waals surface area contributed by atoms with Crippen LogP contribution in [0.25, 0.3) is 0 Å². The molecule has 8 nitrogen and oxygen atoms in total. The van der Waals surface area contributed by atoms with Crippen LogP contribution in [0.2, 0.25) is 6.32 Å². The minimum atomic E-state index is -0.385. The number of fused-ring (bicyclic) bond motifs is 1. The number of carbonyl (C=O) groups is 1. The molecule has 1 atom stereocenters. The van der Waals surface area contributed by atoms with Gasteiger partial charge in [-0.2, -0.15) is 0 Å². The lowest BCUT2D eigenvalue weighted by Crippen LogP contribution is -2.41. The zero-order valence-corrected chi connectivity index (χ0v) is 16.1. The van der Waals surface area contributed by atoms with Gasteiger partial charge in [0.1, 0.15) is 11.5 Å². The molecule has 2 aliphatic rings. The molecule has 1 radical (unpaired) electrons. The minimum absolute atomic E-state index is 0.0203. The molecule has 1 aromatic rings. The standard InChI is InChI=1S/C18H26BN4O4/c1-11-14(19-6-9-24)12(10-13(27-3)16(11)25)21(2)15-17(20)22-7-4-5-8-23(22)18(15)26/h10,12,24H,4-9,20H2,1-3H3. The van der Waals surface area contributed by atoms with Gasteiger partial charge in [-0.3, -0.25) is 14.3 Å². The summed E-state index contributed by atoms with van der Waals surface area (Å²) in [6.07, 6.45) is 4.06. The summed E-state index contributed by atoms with van der Waals surface area (Å²) in [5, 5.41) is 9.22. The fourth-order valence-electron chi connectivity index (χ4n) is 3.87. The Morgan fingerprint density at radius 2 is 2.00 bits per heavy atom. The number of nitrogens with two attached hydrogens (primary N) is 1. The van der Waals surface area contributed by atoms with Crippen molar-refractivity contribution in [2.75, 3.05) is 31.4 Å². The summed E-state index contributed by atoms with van der Waals surface area (Å²) in [5.74, 6) is 0.492. The minimum Gasteiger partial charge on any atom is -0.493 e. The van der Waals surface area contributed by atoms with Gasteiger partial charge in [-0.05, 0) is 31.4 Å². The zero-order valence-electron chi connectivity index (χ0n) is 16.1. The van der Waals surface area contributed by atoms with Crippen molar-refractivity contribution in [3.05, 3.63) is 33.2 Å². The number of aliphatic hydroxyl groups excluding tert-OH is 1. The van der Waals surface area contributed by atoms with Gasteiger partial charge in [0.05, 0.1) is 13.2 Å². The van der Waals surface area contributed by atoms with Crippen molar-refractivity contribution < 1.29 is 14.6 Å². The number of carbonyl (C=O) groups excluding carboxylic acids is 1. The SMILES string of the molecule is COC1=CC(N(C)c2c(N)n3n(c2=O)CCCC3)C([B]CCO)=C(C)C1=O. The van der Waals surface area contributed by atoms with Crippen LogP contribution >= 0.6 is 0 Å². The fraction of sp³-hybridized carbons (Fsp3) is 0.556.